The van der Waals surface area contributed by atoms with Crippen LogP contribution in [0.3, 0.4) is 0 Å². The summed E-state index contributed by atoms with van der Waals surface area (Å²) in [7, 11) is 0. The summed E-state index contributed by atoms with van der Waals surface area (Å²) in [6.45, 7) is 4.35. The number of ether oxygens (including phenoxy) is 1. The number of hydrogen-bond donors (Lipinski definition) is 1. The molecule has 120 valence electrons. The summed E-state index contributed by atoms with van der Waals surface area (Å²) in [5.74, 6) is -0.999. The maximum Gasteiger partial charge on any atom is 0.308 e. The summed E-state index contributed by atoms with van der Waals surface area (Å²) in [6.07, 6.45) is 6.28. The van der Waals surface area contributed by atoms with Crippen LogP contribution in [0, 0.1) is 11.3 Å². The zero-order valence-electron chi connectivity index (χ0n) is 13.0. The zero-order valence-corrected chi connectivity index (χ0v) is 13.0. The van der Waals surface area contributed by atoms with Gasteiger partial charge in [-0.2, -0.15) is 0 Å². The predicted molar refractivity (Wildman–Crippen MR) is 79.0 cm³/mol. The molecule has 21 heavy (non-hydrogen) atoms. The van der Waals surface area contributed by atoms with Crippen LogP contribution in [0.15, 0.2) is 0 Å². The highest BCUT2D eigenvalue weighted by Gasteiger charge is 2.44. The van der Waals surface area contributed by atoms with Gasteiger partial charge in [0.2, 0.25) is 5.91 Å². The number of carbonyl (C=O) groups excluding carboxylic acids is 1. The standard InChI is InChI=1S/C16H27NO4/c1-2-21-11-9-16(7-3-4-8-16)15(20)17-10-5-6-13(12-17)14(18)19/h13H,2-12H2,1H3,(H,18,19). The van der Waals surface area contributed by atoms with Crippen molar-refractivity contribution >= 4 is 11.9 Å². The molecule has 1 aliphatic carbocycles. The molecule has 1 aliphatic heterocycles. The fourth-order valence-corrected chi connectivity index (χ4v) is 3.73. The Hall–Kier alpha value is -1.10. The van der Waals surface area contributed by atoms with Gasteiger partial charge < -0.3 is 14.7 Å². The number of likely N-dealkylation sites (tertiary alicyclic amines) is 1. The third-order valence-corrected chi connectivity index (χ3v) is 5.00. The Kier molecular flexibility index (Phi) is 5.62. The van der Waals surface area contributed by atoms with Crippen molar-refractivity contribution < 1.29 is 19.4 Å². The van der Waals surface area contributed by atoms with Gasteiger partial charge in [-0.05, 0) is 39.0 Å². The van der Waals surface area contributed by atoms with Crippen molar-refractivity contribution in [3.05, 3.63) is 0 Å². The number of piperidine rings is 1. The normalized spacial score (nSPS) is 25.0. The third kappa shape index (κ3) is 3.76. The Morgan fingerprint density at radius 3 is 2.62 bits per heavy atom. The summed E-state index contributed by atoms with van der Waals surface area (Å²) in [4.78, 5) is 25.9. The van der Waals surface area contributed by atoms with Gasteiger partial charge in [0.25, 0.3) is 0 Å². The van der Waals surface area contributed by atoms with Crippen molar-refractivity contribution in [1.29, 1.82) is 0 Å². The Balaban J connectivity index is 2.02. The van der Waals surface area contributed by atoms with Gasteiger partial charge in [0, 0.05) is 26.3 Å². The van der Waals surface area contributed by atoms with E-state index in [0.29, 0.717) is 32.7 Å². The first-order valence-corrected chi connectivity index (χ1v) is 8.19. The molecule has 0 spiro atoms. The number of rotatable bonds is 6. The average Bonchev–Trinajstić information content (AvgIpc) is 2.97. The SMILES string of the molecule is CCOCCC1(C(=O)N2CCCC(C(=O)O)C2)CCCC1. The molecule has 2 aliphatic rings. The summed E-state index contributed by atoms with van der Waals surface area (Å²) >= 11 is 0. The number of aliphatic carboxylic acids is 1. The van der Waals surface area contributed by atoms with E-state index in [1.807, 2.05) is 6.92 Å². The third-order valence-electron chi connectivity index (χ3n) is 5.00. The molecule has 2 fully saturated rings. The van der Waals surface area contributed by atoms with Gasteiger partial charge in [0.05, 0.1) is 11.3 Å². The van der Waals surface area contributed by atoms with Crippen molar-refractivity contribution in [1.82, 2.24) is 4.90 Å². The highest BCUT2D eigenvalue weighted by atomic mass is 16.5. The van der Waals surface area contributed by atoms with Crippen LogP contribution >= 0.6 is 0 Å². The Morgan fingerprint density at radius 1 is 1.29 bits per heavy atom. The molecular weight excluding hydrogens is 270 g/mol. The lowest BCUT2D eigenvalue weighted by atomic mass is 9.80. The first-order valence-electron chi connectivity index (χ1n) is 8.19. The first-order chi connectivity index (χ1) is 10.1. The van der Waals surface area contributed by atoms with E-state index in [1.54, 1.807) is 4.90 Å². The maximum absolute atomic E-state index is 13.0. The molecule has 1 unspecified atom stereocenters. The minimum Gasteiger partial charge on any atom is -0.481 e. The lowest BCUT2D eigenvalue weighted by Crippen LogP contribution is -2.49. The van der Waals surface area contributed by atoms with E-state index in [1.165, 1.54) is 0 Å². The molecule has 1 atom stereocenters. The van der Waals surface area contributed by atoms with Gasteiger partial charge in [-0.1, -0.05) is 12.8 Å². The van der Waals surface area contributed by atoms with E-state index in [2.05, 4.69) is 0 Å². The van der Waals surface area contributed by atoms with E-state index in [-0.39, 0.29) is 11.3 Å². The lowest BCUT2D eigenvalue weighted by Gasteiger charge is -2.38. The Morgan fingerprint density at radius 2 is 2.00 bits per heavy atom. The van der Waals surface area contributed by atoms with Crippen LogP contribution in [0.2, 0.25) is 0 Å². The van der Waals surface area contributed by atoms with Crippen molar-refractivity contribution in [2.24, 2.45) is 11.3 Å². The molecular formula is C16H27NO4. The summed E-state index contributed by atoms with van der Waals surface area (Å²) in [6, 6.07) is 0. The topological polar surface area (TPSA) is 66.8 Å². The van der Waals surface area contributed by atoms with Crippen LogP contribution in [0.1, 0.15) is 51.9 Å². The number of hydrogen-bond acceptors (Lipinski definition) is 3. The summed E-state index contributed by atoms with van der Waals surface area (Å²) in [5.41, 5.74) is -0.296. The van der Waals surface area contributed by atoms with Gasteiger partial charge >= 0.3 is 5.97 Å². The van der Waals surface area contributed by atoms with Crippen LogP contribution in [-0.4, -0.2) is 48.2 Å². The van der Waals surface area contributed by atoms with Crippen LogP contribution in [0.4, 0.5) is 0 Å². The van der Waals surface area contributed by atoms with Crippen LogP contribution < -0.4 is 0 Å². The predicted octanol–water partition coefficient (Wildman–Crippen LogP) is 2.30. The second-order valence-corrected chi connectivity index (χ2v) is 6.36. The van der Waals surface area contributed by atoms with Crippen LogP contribution in [-0.2, 0) is 14.3 Å². The second kappa shape index (κ2) is 7.25. The van der Waals surface area contributed by atoms with Crippen molar-refractivity contribution in [2.75, 3.05) is 26.3 Å². The highest BCUT2D eigenvalue weighted by Crippen LogP contribution is 2.43. The molecule has 0 aromatic heterocycles. The Labute approximate surface area is 126 Å². The smallest absolute Gasteiger partial charge is 0.308 e. The number of nitrogens with zero attached hydrogens (tertiary/aromatic N) is 1. The fourth-order valence-electron chi connectivity index (χ4n) is 3.73. The first kappa shape index (κ1) is 16.3. The van der Waals surface area contributed by atoms with E-state index in [0.717, 1.165) is 38.5 Å². The number of carbonyl (C=O) groups is 2. The molecule has 2 rings (SSSR count). The molecule has 1 N–H and O–H groups in total. The van der Waals surface area contributed by atoms with Crippen LogP contribution in [0.5, 0.6) is 0 Å². The lowest BCUT2D eigenvalue weighted by molar-refractivity contribution is -0.150. The van der Waals surface area contributed by atoms with Gasteiger partial charge in [0.1, 0.15) is 0 Å². The Bertz CT molecular complexity index is 376. The molecule has 1 saturated heterocycles. The zero-order chi connectivity index (χ0) is 15.3. The molecule has 0 aromatic rings. The van der Waals surface area contributed by atoms with Gasteiger partial charge in [-0.15, -0.1) is 0 Å². The average molecular weight is 297 g/mol. The molecule has 1 amide bonds. The van der Waals surface area contributed by atoms with Crippen molar-refractivity contribution in [2.45, 2.75) is 51.9 Å². The number of carboxylic acids is 1. The second-order valence-electron chi connectivity index (χ2n) is 6.36. The molecule has 5 nitrogen and oxygen atoms in total. The van der Waals surface area contributed by atoms with E-state index in [9.17, 15) is 14.7 Å². The van der Waals surface area contributed by atoms with E-state index >= 15 is 0 Å². The minimum absolute atomic E-state index is 0.172. The molecule has 5 heteroatoms. The monoisotopic (exact) mass is 297 g/mol. The maximum atomic E-state index is 13.0. The quantitative estimate of drug-likeness (QED) is 0.764. The summed E-state index contributed by atoms with van der Waals surface area (Å²) < 4.78 is 5.45. The molecule has 0 bridgehead atoms. The molecule has 0 aromatic carbocycles. The minimum atomic E-state index is -0.776. The van der Waals surface area contributed by atoms with E-state index < -0.39 is 11.9 Å². The number of carboxylic acid groups (broad SMARTS) is 1. The molecule has 1 saturated carbocycles. The van der Waals surface area contributed by atoms with Gasteiger partial charge in [-0.25, -0.2) is 0 Å². The van der Waals surface area contributed by atoms with Gasteiger partial charge in [-0.3, -0.25) is 9.59 Å². The van der Waals surface area contributed by atoms with Crippen molar-refractivity contribution in [3.8, 4) is 0 Å². The van der Waals surface area contributed by atoms with Crippen molar-refractivity contribution in [3.63, 3.8) is 0 Å². The van der Waals surface area contributed by atoms with Gasteiger partial charge in [0.15, 0.2) is 0 Å². The number of amides is 1. The summed E-state index contributed by atoms with van der Waals surface area (Å²) in [5, 5.41) is 9.18. The highest BCUT2D eigenvalue weighted by molar-refractivity contribution is 5.84. The largest absolute Gasteiger partial charge is 0.481 e. The fraction of sp³-hybridized carbons (Fsp3) is 0.875. The molecule has 0 radical (unpaired) electrons. The molecule has 1 heterocycles. The van der Waals surface area contributed by atoms with Crippen LogP contribution in [0.25, 0.3) is 0 Å². The van der Waals surface area contributed by atoms with E-state index in [4.69, 9.17) is 4.74 Å².